The Kier molecular flexibility index (Phi) is 6.06. The molecule has 0 atom stereocenters. The number of benzene rings is 2. The number of fused-ring (bicyclic) bond motifs is 1. The first-order valence-electron chi connectivity index (χ1n) is 8.84. The highest BCUT2D eigenvalue weighted by atomic mass is 16.5. The van der Waals surface area contributed by atoms with Crippen molar-refractivity contribution in [2.75, 3.05) is 30.0 Å². The van der Waals surface area contributed by atoms with Gasteiger partial charge >= 0.3 is 5.97 Å². The highest BCUT2D eigenvalue weighted by molar-refractivity contribution is 6.10. The van der Waals surface area contributed by atoms with Crippen molar-refractivity contribution < 1.29 is 23.9 Å². The van der Waals surface area contributed by atoms with E-state index in [9.17, 15) is 14.4 Å². The molecule has 144 valence electrons. The summed E-state index contributed by atoms with van der Waals surface area (Å²) >= 11 is 0. The van der Waals surface area contributed by atoms with Gasteiger partial charge in [0.1, 0.15) is 12.3 Å². The summed E-state index contributed by atoms with van der Waals surface area (Å²) in [5.74, 6) is -0.658. The number of anilines is 2. The number of rotatable bonds is 6. The van der Waals surface area contributed by atoms with Gasteiger partial charge in [-0.15, -0.1) is 0 Å². The van der Waals surface area contributed by atoms with E-state index in [1.165, 1.54) is 11.0 Å². The molecule has 0 aliphatic carbocycles. The van der Waals surface area contributed by atoms with Crippen LogP contribution >= 0.6 is 0 Å². The van der Waals surface area contributed by atoms with Gasteiger partial charge in [0.25, 0.3) is 5.91 Å². The summed E-state index contributed by atoms with van der Waals surface area (Å²) in [6.45, 7) is 1.92. The van der Waals surface area contributed by atoms with Crippen LogP contribution in [0, 0.1) is 0 Å². The van der Waals surface area contributed by atoms with Gasteiger partial charge in [-0.1, -0.05) is 24.3 Å². The van der Waals surface area contributed by atoms with E-state index in [2.05, 4.69) is 5.32 Å². The van der Waals surface area contributed by atoms with Crippen LogP contribution < -0.4 is 15.0 Å². The highest BCUT2D eigenvalue weighted by Gasteiger charge is 2.26. The Labute approximate surface area is 162 Å². The van der Waals surface area contributed by atoms with E-state index >= 15 is 0 Å². The smallest absolute Gasteiger partial charge is 0.331 e. The maximum absolute atomic E-state index is 12.4. The minimum Gasteiger partial charge on any atom is -0.494 e. The molecule has 7 heteroatoms. The van der Waals surface area contributed by atoms with Crippen LogP contribution in [-0.2, 0) is 19.1 Å². The van der Waals surface area contributed by atoms with Crippen LogP contribution in [0.15, 0.2) is 54.6 Å². The molecule has 7 nitrogen and oxygen atoms in total. The number of para-hydroxylation sites is 2. The lowest BCUT2D eigenvalue weighted by Crippen LogP contribution is -2.43. The van der Waals surface area contributed by atoms with Gasteiger partial charge in [0.2, 0.25) is 5.91 Å². The number of ether oxygens (including phenoxy) is 2. The van der Waals surface area contributed by atoms with Gasteiger partial charge in [-0.3, -0.25) is 14.5 Å². The number of nitrogens with zero attached hydrogens (tertiary/aromatic N) is 1. The van der Waals surface area contributed by atoms with Crippen LogP contribution in [0.2, 0.25) is 0 Å². The number of carbonyl (C=O) groups excluding carboxylic acids is 3. The van der Waals surface area contributed by atoms with Crippen LogP contribution in [-0.4, -0.2) is 37.5 Å². The van der Waals surface area contributed by atoms with Gasteiger partial charge < -0.3 is 14.8 Å². The fourth-order valence-corrected chi connectivity index (χ4v) is 2.72. The highest BCUT2D eigenvalue weighted by Crippen LogP contribution is 2.28. The van der Waals surface area contributed by atoms with Gasteiger partial charge in [0, 0.05) is 6.08 Å². The maximum atomic E-state index is 12.4. The second-order valence-corrected chi connectivity index (χ2v) is 5.99. The van der Waals surface area contributed by atoms with E-state index < -0.39 is 18.5 Å². The first-order valence-corrected chi connectivity index (χ1v) is 8.84. The Morgan fingerprint density at radius 2 is 1.89 bits per heavy atom. The van der Waals surface area contributed by atoms with E-state index in [1.54, 1.807) is 42.5 Å². The summed E-state index contributed by atoms with van der Waals surface area (Å²) in [5.41, 5.74) is 1.93. The molecule has 1 N–H and O–H groups in total. The lowest BCUT2D eigenvalue weighted by molar-refractivity contribution is -0.143. The zero-order chi connectivity index (χ0) is 19.9. The molecule has 2 aromatic rings. The van der Waals surface area contributed by atoms with Gasteiger partial charge in [0.05, 0.1) is 18.0 Å². The summed E-state index contributed by atoms with van der Waals surface area (Å²) in [6, 6.07) is 14.2. The molecule has 1 aliphatic rings. The van der Waals surface area contributed by atoms with Crippen molar-refractivity contribution in [1.29, 1.82) is 0 Å². The predicted octanol–water partition coefficient (Wildman–Crippen LogP) is 2.63. The normalized spacial score (nSPS) is 13.0. The molecule has 0 fully saturated rings. The van der Waals surface area contributed by atoms with E-state index in [4.69, 9.17) is 9.47 Å². The summed E-state index contributed by atoms with van der Waals surface area (Å²) < 4.78 is 10.4. The number of carbonyl (C=O) groups is 3. The van der Waals surface area contributed by atoms with Gasteiger partial charge in [-0.25, -0.2) is 4.79 Å². The average molecular weight is 380 g/mol. The van der Waals surface area contributed by atoms with Crippen LogP contribution in [0.4, 0.5) is 11.4 Å². The predicted molar refractivity (Wildman–Crippen MR) is 105 cm³/mol. The summed E-state index contributed by atoms with van der Waals surface area (Å²) in [4.78, 5) is 37.4. The third-order valence-electron chi connectivity index (χ3n) is 4.01. The fraction of sp³-hybridized carbons (Fsp3) is 0.190. The van der Waals surface area contributed by atoms with Gasteiger partial charge in [-0.05, 0) is 42.8 Å². The number of nitrogens with one attached hydrogen (secondary N) is 1. The SMILES string of the molecule is CCOc1ccc(/C=C/C(=O)OCC(=O)N2CC(=O)Nc3ccccc32)cc1. The van der Waals surface area contributed by atoms with Crippen LogP contribution in [0.1, 0.15) is 12.5 Å². The lowest BCUT2D eigenvalue weighted by atomic mass is 10.2. The molecule has 2 amide bonds. The topological polar surface area (TPSA) is 84.9 Å². The average Bonchev–Trinajstić information content (AvgIpc) is 2.71. The van der Waals surface area contributed by atoms with Crippen molar-refractivity contribution in [2.45, 2.75) is 6.92 Å². The molecule has 2 aromatic carbocycles. The number of esters is 1. The van der Waals surface area contributed by atoms with Crippen LogP contribution in [0.25, 0.3) is 6.08 Å². The van der Waals surface area contributed by atoms with Crippen molar-refractivity contribution in [3.8, 4) is 5.75 Å². The Hall–Kier alpha value is -3.61. The van der Waals surface area contributed by atoms with Crippen molar-refractivity contribution >= 4 is 35.2 Å². The Bertz CT molecular complexity index is 905. The third kappa shape index (κ3) is 4.76. The molecule has 3 rings (SSSR count). The third-order valence-corrected chi connectivity index (χ3v) is 4.01. The van der Waals surface area contributed by atoms with Crippen molar-refractivity contribution in [2.24, 2.45) is 0 Å². The van der Waals surface area contributed by atoms with Crippen molar-refractivity contribution in [3.63, 3.8) is 0 Å². The molecule has 0 saturated carbocycles. The first kappa shape index (κ1) is 19.2. The number of hydrogen-bond acceptors (Lipinski definition) is 5. The van der Waals surface area contributed by atoms with Crippen molar-refractivity contribution in [3.05, 3.63) is 60.2 Å². The molecule has 0 spiro atoms. The molecular weight excluding hydrogens is 360 g/mol. The van der Waals surface area contributed by atoms with E-state index in [-0.39, 0.29) is 12.5 Å². The summed E-state index contributed by atoms with van der Waals surface area (Å²) in [7, 11) is 0. The molecule has 0 unspecified atom stereocenters. The zero-order valence-electron chi connectivity index (χ0n) is 15.4. The number of amides is 2. The van der Waals surface area contributed by atoms with Gasteiger partial charge in [-0.2, -0.15) is 0 Å². The Morgan fingerprint density at radius 1 is 1.14 bits per heavy atom. The van der Waals surface area contributed by atoms with Crippen LogP contribution in [0.3, 0.4) is 0 Å². The molecule has 1 heterocycles. The zero-order valence-corrected chi connectivity index (χ0v) is 15.4. The maximum Gasteiger partial charge on any atom is 0.331 e. The fourth-order valence-electron chi connectivity index (χ4n) is 2.72. The second-order valence-electron chi connectivity index (χ2n) is 5.99. The standard InChI is InChI=1S/C21H20N2O5/c1-2-27-16-10-7-15(8-11-16)9-12-21(26)28-14-20(25)23-13-19(24)22-17-5-3-4-6-18(17)23/h3-12H,2,13-14H2,1H3,(H,22,24)/b12-9+. The monoisotopic (exact) mass is 380 g/mol. The largest absolute Gasteiger partial charge is 0.494 e. The number of hydrogen-bond donors (Lipinski definition) is 1. The quantitative estimate of drug-likeness (QED) is 0.615. The van der Waals surface area contributed by atoms with Crippen LogP contribution in [0.5, 0.6) is 5.75 Å². The Balaban J connectivity index is 1.56. The molecular formula is C21H20N2O5. The Morgan fingerprint density at radius 3 is 2.64 bits per heavy atom. The first-order chi connectivity index (χ1) is 13.6. The molecule has 0 radical (unpaired) electrons. The van der Waals surface area contributed by atoms with Gasteiger partial charge in [0.15, 0.2) is 6.61 Å². The summed E-state index contributed by atoms with van der Waals surface area (Å²) in [5, 5.41) is 2.70. The van der Waals surface area contributed by atoms with Crippen molar-refractivity contribution in [1.82, 2.24) is 0 Å². The van der Waals surface area contributed by atoms with E-state index in [0.29, 0.717) is 18.0 Å². The second kappa shape index (κ2) is 8.85. The lowest BCUT2D eigenvalue weighted by Gasteiger charge is -2.28. The molecule has 0 aromatic heterocycles. The molecule has 1 aliphatic heterocycles. The molecule has 0 bridgehead atoms. The molecule has 0 saturated heterocycles. The minimum absolute atomic E-state index is 0.116. The molecule has 28 heavy (non-hydrogen) atoms. The summed E-state index contributed by atoms with van der Waals surface area (Å²) in [6.07, 6.45) is 2.84. The van der Waals surface area contributed by atoms with E-state index in [0.717, 1.165) is 11.3 Å². The minimum atomic E-state index is -0.642. The van der Waals surface area contributed by atoms with E-state index in [1.807, 2.05) is 19.1 Å².